The number of aliphatic carboxylic acids is 1. The van der Waals surface area contributed by atoms with Gasteiger partial charge in [-0.15, -0.1) is 0 Å². The molecule has 22 heavy (non-hydrogen) atoms. The van der Waals surface area contributed by atoms with Gasteiger partial charge >= 0.3 is 5.97 Å². The summed E-state index contributed by atoms with van der Waals surface area (Å²) in [6.45, 7) is 1.02. The van der Waals surface area contributed by atoms with Crippen molar-refractivity contribution >= 4 is 27.6 Å². The molecule has 3 atom stereocenters. The number of rotatable bonds is 7. The maximum absolute atomic E-state index is 11.7. The van der Waals surface area contributed by atoms with Gasteiger partial charge in [0.25, 0.3) is 0 Å². The highest BCUT2D eigenvalue weighted by Gasteiger charge is 2.25. The van der Waals surface area contributed by atoms with Crippen molar-refractivity contribution in [1.82, 2.24) is 15.4 Å². The van der Waals surface area contributed by atoms with Gasteiger partial charge in [-0.05, 0) is 51.6 Å². The minimum atomic E-state index is -0.949. The van der Waals surface area contributed by atoms with Crippen LogP contribution in [0.25, 0.3) is 0 Å². The lowest BCUT2D eigenvalue weighted by atomic mass is 10.1. The van der Waals surface area contributed by atoms with E-state index >= 15 is 0 Å². The van der Waals surface area contributed by atoms with Gasteiger partial charge in [-0.3, -0.25) is 10.1 Å². The van der Waals surface area contributed by atoms with Crippen LogP contribution in [0.4, 0.5) is 0 Å². The normalized spacial score (nSPS) is 29.4. The molecule has 0 radical (unpaired) electrons. The fourth-order valence-corrected chi connectivity index (χ4v) is 5.42. The third-order valence-electron chi connectivity index (χ3n) is 3.96. The molecule has 7 nitrogen and oxygen atoms in total. The molecule has 0 saturated carbocycles. The van der Waals surface area contributed by atoms with E-state index in [9.17, 15) is 20.3 Å². The van der Waals surface area contributed by atoms with Crippen LogP contribution >= 0.6 is 21.6 Å². The fraction of sp³-hybridized carbons (Fsp3) is 0.923. The third kappa shape index (κ3) is 5.55. The lowest BCUT2D eigenvalue weighted by Crippen LogP contribution is -2.53. The van der Waals surface area contributed by atoms with Gasteiger partial charge in [0.2, 0.25) is 0 Å². The molecule has 0 aromatic rings. The number of nitrogens with zero attached hydrogens (tertiary/aromatic N) is 2. The van der Waals surface area contributed by atoms with Crippen LogP contribution in [-0.4, -0.2) is 57.6 Å². The standard InChI is InChI=1S/C13H23N3O4S2/c17-13(18)10(14-11-5-1-3-7-15(11)19)9-21-22-12-6-2-4-8-16(12)20/h10-12,14H,1-9H2,(H,17,18)/q-2. The quantitative estimate of drug-likeness (QED) is 0.668. The molecular formula is C13H23N3O4S2-2. The van der Waals surface area contributed by atoms with Crippen molar-refractivity contribution in [2.45, 2.75) is 56.1 Å². The van der Waals surface area contributed by atoms with E-state index in [0.29, 0.717) is 25.3 Å². The second kappa shape index (κ2) is 9.31. The largest absolute Gasteiger partial charge is 0.784 e. The van der Waals surface area contributed by atoms with E-state index in [1.165, 1.54) is 21.6 Å². The molecule has 2 saturated heterocycles. The molecule has 0 bridgehead atoms. The number of carboxylic acid groups (broad SMARTS) is 1. The van der Waals surface area contributed by atoms with Crippen LogP contribution in [0.15, 0.2) is 0 Å². The average Bonchev–Trinajstić information content (AvgIpc) is 2.50. The Morgan fingerprint density at radius 1 is 1.18 bits per heavy atom. The number of piperidine rings is 2. The molecule has 0 aromatic carbocycles. The first-order valence-electron chi connectivity index (χ1n) is 7.72. The lowest BCUT2D eigenvalue weighted by Gasteiger charge is -2.42. The van der Waals surface area contributed by atoms with Gasteiger partial charge in [0, 0.05) is 11.9 Å². The predicted octanol–water partition coefficient (Wildman–Crippen LogP) is 2.03. The molecule has 2 rings (SSSR count). The molecule has 0 amide bonds. The van der Waals surface area contributed by atoms with Gasteiger partial charge in [-0.25, -0.2) is 0 Å². The number of carbonyl (C=O) groups is 1. The van der Waals surface area contributed by atoms with Crippen LogP contribution < -0.4 is 5.32 Å². The monoisotopic (exact) mass is 349 g/mol. The zero-order valence-corrected chi connectivity index (χ0v) is 14.1. The molecule has 0 spiro atoms. The smallest absolute Gasteiger partial charge is 0.321 e. The Labute approximate surface area is 138 Å². The maximum Gasteiger partial charge on any atom is 0.321 e. The van der Waals surface area contributed by atoms with Crippen molar-refractivity contribution in [1.29, 1.82) is 0 Å². The third-order valence-corrected chi connectivity index (χ3v) is 6.74. The van der Waals surface area contributed by atoms with Crippen LogP contribution in [0.2, 0.25) is 0 Å². The SMILES string of the molecule is O=C(O)C(CSSC1CCCCN1[O-])NC1CCCCN1[O-]. The van der Waals surface area contributed by atoms with Crippen LogP contribution in [0, 0.1) is 10.4 Å². The topological polar surface area (TPSA) is 102 Å². The van der Waals surface area contributed by atoms with E-state index in [4.69, 9.17) is 0 Å². The van der Waals surface area contributed by atoms with Gasteiger partial charge in [-0.2, -0.15) is 0 Å². The zero-order chi connectivity index (χ0) is 15.9. The number of hydroxylamine groups is 4. The fourth-order valence-electron chi connectivity index (χ4n) is 2.65. The molecule has 2 N–H and O–H groups in total. The molecule has 2 aliphatic heterocycles. The summed E-state index contributed by atoms with van der Waals surface area (Å²) in [6, 6.07) is -0.763. The van der Waals surface area contributed by atoms with E-state index in [2.05, 4.69) is 5.32 Å². The second-order valence-electron chi connectivity index (χ2n) is 5.68. The van der Waals surface area contributed by atoms with Crippen LogP contribution in [-0.2, 0) is 4.79 Å². The van der Waals surface area contributed by atoms with Crippen molar-refractivity contribution in [2.75, 3.05) is 18.8 Å². The molecule has 2 fully saturated rings. The first-order chi connectivity index (χ1) is 10.6. The molecule has 9 heteroatoms. The first-order valence-corrected chi connectivity index (χ1v) is 10.1. The summed E-state index contributed by atoms with van der Waals surface area (Å²) in [5, 5.41) is 37.6. The average molecular weight is 349 g/mol. The van der Waals surface area contributed by atoms with Crippen LogP contribution in [0.5, 0.6) is 0 Å². The molecular weight excluding hydrogens is 326 g/mol. The predicted molar refractivity (Wildman–Crippen MR) is 90.0 cm³/mol. The van der Waals surface area contributed by atoms with E-state index in [1.807, 2.05) is 0 Å². The minimum Gasteiger partial charge on any atom is -0.784 e. The molecule has 0 aliphatic carbocycles. The van der Waals surface area contributed by atoms with Gasteiger partial charge in [0.05, 0.1) is 5.37 Å². The lowest BCUT2D eigenvalue weighted by molar-refractivity contribution is -0.139. The Bertz CT molecular complexity index is 364. The summed E-state index contributed by atoms with van der Waals surface area (Å²) in [4.78, 5) is 11.3. The Morgan fingerprint density at radius 2 is 1.86 bits per heavy atom. The molecule has 2 heterocycles. The zero-order valence-electron chi connectivity index (χ0n) is 12.5. The van der Waals surface area contributed by atoms with Gasteiger partial charge in [0.15, 0.2) is 0 Å². The first kappa shape index (κ1) is 18.3. The van der Waals surface area contributed by atoms with Gasteiger partial charge in [-0.1, -0.05) is 21.6 Å². The Morgan fingerprint density at radius 3 is 2.50 bits per heavy atom. The summed E-state index contributed by atoms with van der Waals surface area (Å²) in [5.41, 5.74) is 0. The summed E-state index contributed by atoms with van der Waals surface area (Å²) >= 11 is 0. The van der Waals surface area contributed by atoms with E-state index in [1.54, 1.807) is 0 Å². The molecule has 0 aromatic heterocycles. The Hall–Kier alpha value is -0.0300. The van der Waals surface area contributed by atoms with Crippen molar-refractivity contribution in [2.24, 2.45) is 0 Å². The van der Waals surface area contributed by atoms with Crippen molar-refractivity contribution < 1.29 is 9.90 Å². The van der Waals surface area contributed by atoms with E-state index < -0.39 is 18.2 Å². The molecule has 2 aliphatic rings. The minimum absolute atomic E-state index is 0.0844. The Balaban J connectivity index is 1.75. The van der Waals surface area contributed by atoms with Crippen molar-refractivity contribution in [3.05, 3.63) is 10.4 Å². The van der Waals surface area contributed by atoms with E-state index in [-0.39, 0.29) is 5.37 Å². The van der Waals surface area contributed by atoms with E-state index in [0.717, 1.165) is 42.2 Å². The molecule has 128 valence electrons. The Kier molecular flexibility index (Phi) is 7.75. The summed E-state index contributed by atoms with van der Waals surface area (Å²) in [6.07, 6.45) is 4.91. The summed E-state index contributed by atoms with van der Waals surface area (Å²) in [7, 11) is 2.85. The molecule has 3 unspecified atom stereocenters. The maximum atomic E-state index is 11.7. The highest BCUT2D eigenvalue weighted by atomic mass is 33.1. The van der Waals surface area contributed by atoms with Crippen molar-refractivity contribution in [3.8, 4) is 0 Å². The summed E-state index contributed by atoms with van der Waals surface area (Å²) in [5.74, 6) is -0.607. The number of nitrogens with one attached hydrogen (secondary N) is 1. The van der Waals surface area contributed by atoms with Gasteiger partial charge < -0.3 is 25.6 Å². The van der Waals surface area contributed by atoms with Crippen LogP contribution in [0.1, 0.15) is 38.5 Å². The highest BCUT2D eigenvalue weighted by Crippen LogP contribution is 2.34. The van der Waals surface area contributed by atoms with Gasteiger partial charge in [0.1, 0.15) is 6.04 Å². The second-order valence-corrected chi connectivity index (χ2v) is 8.27. The number of hydrogen-bond donors (Lipinski definition) is 2. The number of hydrogen-bond acceptors (Lipinski definition) is 8. The highest BCUT2D eigenvalue weighted by molar-refractivity contribution is 8.76. The van der Waals surface area contributed by atoms with Crippen LogP contribution in [0.3, 0.4) is 0 Å². The summed E-state index contributed by atoms with van der Waals surface area (Å²) < 4.78 is 0. The van der Waals surface area contributed by atoms with Crippen molar-refractivity contribution in [3.63, 3.8) is 0 Å². The number of carboxylic acids is 1.